The van der Waals surface area contributed by atoms with Gasteiger partial charge >= 0.3 is 0 Å². The number of carbonyl (C=O) groups excluding carboxylic acids is 3. The molecule has 2 fully saturated rings. The van der Waals surface area contributed by atoms with E-state index in [0.717, 1.165) is 30.8 Å². The molecule has 3 amide bonds. The van der Waals surface area contributed by atoms with Crippen molar-refractivity contribution in [2.75, 3.05) is 30.8 Å². The third-order valence-corrected chi connectivity index (χ3v) is 13.6. The Morgan fingerprint density at radius 3 is 2.65 bits per heavy atom. The molecule has 1 saturated carbocycles. The zero-order valence-electron chi connectivity index (χ0n) is 36.0. The number of nitrogens with zero attached hydrogens (tertiary/aromatic N) is 3. The van der Waals surface area contributed by atoms with Gasteiger partial charge in [-0.1, -0.05) is 44.6 Å². The zero-order valence-corrected chi connectivity index (χ0v) is 37.6. The highest BCUT2D eigenvalue weighted by Crippen LogP contribution is 2.46. The molecule has 3 aliphatic rings. The van der Waals surface area contributed by atoms with Crippen molar-refractivity contribution in [2.45, 2.75) is 114 Å². The van der Waals surface area contributed by atoms with E-state index in [2.05, 4.69) is 20.7 Å². The average Bonchev–Trinajstić information content (AvgIpc) is 3.48. The van der Waals surface area contributed by atoms with E-state index in [4.69, 9.17) is 25.2 Å². The lowest BCUT2D eigenvalue weighted by molar-refractivity contribution is -0.140. The maximum Gasteiger partial charge on any atom is 0.266 e. The number of hydrogen-bond acceptors (Lipinski definition) is 13. The third kappa shape index (κ3) is 10.3. The lowest BCUT2D eigenvalue weighted by Crippen LogP contribution is -2.56. The van der Waals surface area contributed by atoms with Crippen molar-refractivity contribution in [3.63, 3.8) is 0 Å². The van der Waals surface area contributed by atoms with Gasteiger partial charge in [-0.05, 0) is 76.1 Å². The van der Waals surface area contributed by atoms with Crippen LogP contribution in [0.4, 0.5) is 10.8 Å². The highest BCUT2D eigenvalue weighted by molar-refractivity contribution is 7.90. The average molecular weight is 887 g/mol. The van der Waals surface area contributed by atoms with Gasteiger partial charge in [-0.3, -0.25) is 14.4 Å². The van der Waals surface area contributed by atoms with Crippen molar-refractivity contribution in [1.29, 1.82) is 0 Å². The highest BCUT2D eigenvalue weighted by atomic mass is 32.2. The van der Waals surface area contributed by atoms with E-state index >= 15 is 0 Å². The Bertz CT molecular complexity index is 2420. The Morgan fingerprint density at radius 2 is 1.87 bits per heavy atom. The summed E-state index contributed by atoms with van der Waals surface area (Å²) in [6, 6.07) is 12.5. The second-order valence-corrected chi connectivity index (χ2v) is 19.8. The number of aromatic nitrogens is 2. The molecule has 4 heterocycles. The van der Waals surface area contributed by atoms with Crippen molar-refractivity contribution in [1.82, 2.24) is 24.9 Å². The van der Waals surface area contributed by atoms with E-state index in [1.54, 1.807) is 25.3 Å². The molecular formula is C45H58N8O7S2. The molecule has 0 spiro atoms. The summed E-state index contributed by atoms with van der Waals surface area (Å²) in [4.78, 5) is 54.1. The number of hydrogen-bond donors (Lipinski definition) is 5. The van der Waals surface area contributed by atoms with E-state index in [1.807, 2.05) is 69.5 Å². The molecular weight excluding hydrogens is 829 g/mol. The second kappa shape index (κ2) is 19.0. The molecule has 0 bridgehead atoms. The van der Waals surface area contributed by atoms with Crippen molar-refractivity contribution in [3.05, 3.63) is 66.1 Å². The number of carbonyl (C=O) groups is 3. The minimum atomic E-state index is -4.35. The molecule has 2 aliphatic heterocycles. The number of rotatable bonds is 12. The summed E-state index contributed by atoms with van der Waals surface area (Å²) >= 11 is 1.47. The van der Waals surface area contributed by atoms with E-state index in [1.165, 1.54) is 22.3 Å². The molecule has 2 aromatic heterocycles. The second-order valence-electron chi connectivity index (χ2n) is 17.3. The molecule has 1 aliphatic carbocycles. The fourth-order valence-electron chi connectivity index (χ4n) is 8.30. The van der Waals surface area contributed by atoms with Crippen molar-refractivity contribution >= 4 is 60.8 Å². The summed E-state index contributed by atoms with van der Waals surface area (Å²) in [6.45, 7) is 8.79. The number of thiazole rings is 1. The first kappa shape index (κ1) is 44.8. The van der Waals surface area contributed by atoms with Crippen LogP contribution in [0.5, 0.6) is 11.5 Å². The first-order valence-corrected chi connectivity index (χ1v) is 23.8. The van der Waals surface area contributed by atoms with Gasteiger partial charge in [0.25, 0.3) is 15.9 Å². The Kier molecular flexibility index (Phi) is 13.7. The molecule has 17 heteroatoms. The van der Waals surface area contributed by atoms with Crippen LogP contribution in [0.3, 0.4) is 0 Å². The number of fused-ring (bicyclic) bond motifs is 3. The Hall–Kier alpha value is -5.26. The van der Waals surface area contributed by atoms with Crippen LogP contribution in [0.15, 0.2) is 71.0 Å². The van der Waals surface area contributed by atoms with Crippen LogP contribution < -0.4 is 35.9 Å². The number of anilines is 2. The van der Waals surface area contributed by atoms with Crippen LogP contribution in [0.1, 0.15) is 79.1 Å². The maximum atomic E-state index is 14.7. The molecule has 15 nitrogen and oxygen atoms in total. The van der Waals surface area contributed by atoms with Gasteiger partial charge in [0.05, 0.1) is 30.6 Å². The number of likely N-dealkylation sites (tertiary alicyclic amines) is 1. The van der Waals surface area contributed by atoms with E-state index < -0.39 is 51.5 Å². The first-order chi connectivity index (χ1) is 29.6. The fraction of sp³-hybridized carbons (Fsp3) is 0.489. The summed E-state index contributed by atoms with van der Waals surface area (Å²) in [5.41, 5.74) is 7.12. The molecule has 332 valence electrons. The Labute approximate surface area is 367 Å². The summed E-state index contributed by atoms with van der Waals surface area (Å²) in [5, 5.41) is 12.9. The molecule has 0 radical (unpaired) electrons. The summed E-state index contributed by atoms with van der Waals surface area (Å²) < 4.78 is 42.2. The summed E-state index contributed by atoms with van der Waals surface area (Å²) in [5.74, 6) is -0.844. The van der Waals surface area contributed by atoms with Gasteiger partial charge in [-0.15, -0.1) is 11.3 Å². The van der Waals surface area contributed by atoms with Crippen molar-refractivity contribution < 1.29 is 32.3 Å². The number of allylic oxidation sites excluding steroid dienone is 1. The normalized spacial score (nSPS) is 23.5. The van der Waals surface area contributed by atoms with Gasteiger partial charge < -0.3 is 36.1 Å². The SMILES string of the molecule is COc1ccc2c(O[C@@H]3C[C@@H](C(=O)N[C@]45C[C@H]4/C=C\CCCCCNc4ccccc4S(=O)(=O)NC5=O)N(C(=O)C[C@@H](N)CC(C)C)C3)cc(-c3csc(NC(C)C)n3)nc2c1. The number of nitrogens with two attached hydrogens (primary N) is 1. The minimum absolute atomic E-state index is 0.00998. The number of benzene rings is 2. The monoisotopic (exact) mass is 886 g/mol. The van der Waals surface area contributed by atoms with Gasteiger partial charge in [-0.25, -0.2) is 23.1 Å². The molecule has 4 aromatic rings. The number of sulfonamides is 1. The molecule has 2 aromatic carbocycles. The summed E-state index contributed by atoms with van der Waals surface area (Å²) in [7, 11) is -2.76. The molecule has 1 saturated heterocycles. The molecule has 0 unspecified atom stereocenters. The predicted molar refractivity (Wildman–Crippen MR) is 242 cm³/mol. The lowest BCUT2D eigenvalue weighted by Gasteiger charge is -2.27. The number of para-hydroxylation sites is 1. The van der Waals surface area contributed by atoms with Gasteiger partial charge in [0.1, 0.15) is 39.8 Å². The molecule has 6 N–H and O–H groups in total. The van der Waals surface area contributed by atoms with Crippen molar-refractivity contribution in [3.8, 4) is 22.9 Å². The largest absolute Gasteiger partial charge is 0.497 e. The standard InChI is InChI=1S/C45H58N8O7S2/c1-27(2)19-30(46)20-41(54)53-25-32(60-39-23-36(37-26-61-44(50-37)48-28(3)4)49-35-21-31(59-5)16-17-33(35)39)22-38(53)42(55)51-45-24-29(45)13-9-7-6-8-12-18-47-34-14-10-11-15-40(34)62(57,58)52-43(45)56/h9-11,13-17,21,23,26-30,32,38,47H,6-8,12,18-20,22,24-25,46H2,1-5H3,(H,48,50)(H,51,55)(H,52,56)/b13-9-/t29-,30+,32-,38+,45-/m1/s1. The van der Waals surface area contributed by atoms with Crippen LogP contribution in [0.25, 0.3) is 22.3 Å². The number of pyridine rings is 1. The zero-order chi connectivity index (χ0) is 44.2. The number of nitrogens with one attached hydrogen (secondary N) is 4. The van der Waals surface area contributed by atoms with E-state index in [-0.39, 0.29) is 48.6 Å². The number of amides is 3. The Balaban J connectivity index is 1.19. The third-order valence-electron chi connectivity index (χ3n) is 11.4. The lowest BCUT2D eigenvalue weighted by atomic mass is 10.0. The van der Waals surface area contributed by atoms with Gasteiger partial charge in [0, 0.05) is 60.3 Å². The van der Waals surface area contributed by atoms with Crippen LogP contribution in [0, 0.1) is 11.8 Å². The molecule has 7 rings (SSSR count). The van der Waals surface area contributed by atoms with Crippen molar-refractivity contribution in [2.24, 2.45) is 17.6 Å². The number of ether oxygens (including phenoxy) is 2. The van der Waals surface area contributed by atoms with E-state index in [9.17, 15) is 22.8 Å². The van der Waals surface area contributed by atoms with Crippen LogP contribution in [0.2, 0.25) is 0 Å². The predicted octanol–water partition coefficient (Wildman–Crippen LogP) is 6.22. The maximum absolute atomic E-state index is 14.7. The minimum Gasteiger partial charge on any atom is -0.497 e. The highest BCUT2D eigenvalue weighted by Gasteiger charge is 2.61. The van der Waals surface area contributed by atoms with Crippen LogP contribution in [-0.2, 0) is 24.4 Å². The number of methoxy groups -OCH3 is 1. The molecule has 5 atom stereocenters. The molecule has 62 heavy (non-hydrogen) atoms. The smallest absolute Gasteiger partial charge is 0.266 e. The van der Waals surface area contributed by atoms with Crippen LogP contribution >= 0.6 is 11.3 Å². The first-order valence-electron chi connectivity index (χ1n) is 21.5. The van der Waals surface area contributed by atoms with Crippen LogP contribution in [-0.4, -0.2) is 91.0 Å². The van der Waals surface area contributed by atoms with Gasteiger partial charge in [-0.2, -0.15) is 0 Å². The summed E-state index contributed by atoms with van der Waals surface area (Å²) in [6.07, 6.45) is 7.60. The quantitative estimate of drug-likeness (QED) is 0.101. The topological polar surface area (TPSA) is 207 Å². The van der Waals surface area contributed by atoms with E-state index in [0.29, 0.717) is 52.4 Å². The fourth-order valence-corrected chi connectivity index (χ4v) is 10.4. The van der Waals surface area contributed by atoms with Gasteiger partial charge in [0.2, 0.25) is 11.8 Å². The Morgan fingerprint density at radius 1 is 1.06 bits per heavy atom. The van der Waals surface area contributed by atoms with Gasteiger partial charge in [0.15, 0.2) is 5.13 Å².